The lowest BCUT2D eigenvalue weighted by Crippen LogP contribution is -2.42. The third-order valence-electron chi connectivity index (χ3n) is 3.87. The van der Waals surface area contributed by atoms with Crippen molar-refractivity contribution in [3.05, 3.63) is 12.2 Å². The van der Waals surface area contributed by atoms with Crippen molar-refractivity contribution < 1.29 is 19.4 Å². The average Bonchev–Trinajstić information content (AvgIpc) is 2.82. The molecule has 1 aliphatic heterocycles. The summed E-state index contributed by atoms with van der Waals surface area (Å²) in [5.41, 5.74) is 0. The Labute approximate surface area is 132 Å². The molecule has 6 heteroatoms. The van der Waals surface area contributed by atoms with E-state index < -0.39 is 12.0 Å². The van der Waals surface area contributed by atoms with E-state index in [0.29, 0.717) is 13.0 Å². The first-order chi connectivity index (χ1) is 10.5. The molecule has 1 saturated heterocycles. The van der Waals surface area contributed by atoms with Crippen LogP contribution in [0.25, 0.3) is 0 Å². The van der Waals surface area contributed by atoms with Gasteiger partial charge in [-0.25, -0.2) is 0 Å². The highest BCUT2D eigenvalue weighted by molar-refractivity contribution is 5.74. The van der Waals surface area contributed by atoms with Crippen LogP contribution in [0.3, 0.4) is 0 Å². The van der Waals surface area contributed by atoms with E-state index in [4.69, 9.17) is 4.74 Å². The number of ether oxygens (including phenoxy) is 1. The van der Waals surface area contributed by atoms with Gasteiger partial charge in [0.25, 0.3) is 0 Å². The number of aliphatic carboxylic acids is 1. The summed E-state index contributed by atoms with van der Waals surface area (Å²) in [5.74, 6) is -0.624. The predicted molar refractivity (Wildman–Crippen MR) is 84.4 cm³/mol. The van der Waals surface area contributed by atoms with Crippen molar-refractivity contribution in [1.82, 2.24) is 10.2 Å². The standard InChI is InChI=1S/C16H28N2O4/c1-4-6-13-8-15(16(20)21)18(9-13)10-14(7-5-2)22-11-17-12(3)19/h4,6,13-15H,5,7-11H2,1-3H3,(H,17,19)(H,20,21)/t13-,14?,15-/m1/s1. The van der Waals surface area contributed by atoms with Gasteiger partial charge < -0.3 is 15.2 Å². The molecule has 126 valence electrons. The van der Waals surface area contributed by atoms with E-state index in [1.807, 2.05) is 17.9 Å². The number of carbonyl (C=O) groups excluding carboxylic acids is 1. The molecular formula is C16H28N2O4. The zero-order valence-corrected chi connectivity index (χ0v) is 13.7. The minimum absolute atomic E-state index is 0.0666. The summed E-state index contributed by atoms with van der Waals surface area (Å²) in [7, 11) is 0. The van der Waals surface area contributed by atoms with E-state index in [1.54, 1.807) is 0 Å². The fraction of sp³-hybridized carbons (Fsp3) is 0.750. The van der Waals surface area contributed by atoms with Crippen molar-refractivity contribution in [3.63, 3.8) is 0 Å². The summed E-state index contributed by atoms with van der Waals surface area (Å²) in [5, 5.41) is 12.0. The highest BCUT2D eigenvalue weighted by Crippen LogP contribution is 2.25. The second-order valence-corrected chi connectivity index (χ2v) is 5.78. The second kappa shape index (κ2) is 9.58. The first-order valence-corrected chi connectivity index (χ1v) is 7.93. The molecule has 1 amide bonds. The molecule has 0 spiro atoms. The van der Waals surface area contributed by atoms with E-state index in [-0.39, 0.29) is 24.7 Å². The molecule has 0 bridgehead atoms. The number of carboxylic acid groups (broad SMARTS) is 1. The second-order valence-electron chi connectivity index (χ2n) is 5.78. The minimum atomic E-state index is -0.774. The van der Waals surface area contributed by atoms with Gasteiger partial charge in [-0.1, -0.05) is 25.5 Å². The molecule has 1 heterocycles. The van der Waals surface area contributed by atoms with Crippen molar-refractivity contribution in [3.8, 4) is 0 Å². The summed E-state index contributed by atoms with van der Waals surface area (Å²) in [4.78, 5) is 24.3. The zero-order chi connectivity index (χ0) is 16.5. The third kappa shape index (κ3) is 6.15. The Morgan fingerprint density at radius 1 is 1.50 bits per heavy atom. The first kappa shape index (κ1) is 18.6. The van der Waals surface area contributed by atoms with Gasteiger partial charge in [0.05, 0.1) is 6.10 Å². The van der Waals surface area contributed by atoms with Crippen LogP contribution < -0.4 is 5.32 Å². The van der Waals surface area contributed by atoms with E-state index in [2.05, 4.69) is 18.3 Å². The summed E-state index contributed by atoms with van der Waals surface area (Å²) >= 11 is 0. The Hall–Kier alpha value is -1.40. The van der Waals surface area contributed by atoms with Crippen LogP contribution in [-0.4, -0.2) is 53.8 Å². The van der Waals surface area contributed by atoms with Gasteiger partial charge >= 0.3 is 5.97 Å². The Morgan fingerprint density at radius 3 is 2.77 bits per heavy atom. The molecule has 0 radical (unpaired) electrons. The average molecular weight is 312 g/mol. The number of hydrogen-bond acceptors (Lipinski definition) is 4. The van der Waals surface area contributed by atoms with Gasteiger partial charge in [-0.3, -0.25) is 14.5 Å². The number of likely N-dealkylation sites (tertiary alicyclic amines) is 1. The van der Waals surface area contributed by atoms with Crippen molar-refractivity contribution >= 4 is 11.9 Å². The normalized spacial score (nSPS) is 23.8. The number of allylic oxidation sites excluding steroid dienone is 1. The minimum Gasteiger partial charge on any atom is -0.480 e. The number of nitrogens with one attached hydrogen (secondary N) is 1. The SMILES string of the molecule is CC=C[C@@H]1C[C@H](C(=O)O)N(CC(CCC)OCNC(C)=O)C1. The summed E-state index contributed by atoms with van der Waals surface area (Å²) < 4.78 is 5.69. The fourth-order valence-electron chi connectivity index (χ4n) is 2.88. The zero-order valence-electron chi connectivity index (χ0n) is 13.7. The van der Waals surface area contributed by atoms with E-state index in [1.165, 1.54) is 6.92 Å². The molecule has 0 aromatic heterocycles. The van der Waals surface area contributed by atoms with Crippen molar-refractivity contribution in [2.45, 2.75) is 52.2 Å². The van der Waals surface area contributed by atoms with E-state index >= 15 is 0 Å². The lowest BCUT2D eigenvalue weighted by atomic mass is 10.1. The smallest absolute Gasteiger partial charge is 0.320 e. The van der Waals surface area contributed by atoms with E-state index in [9.17, 15) is 14.7 Å². The van der Waals surface area contributed by atoms with Crippen LogP contribution in [0, 0.1) is 5.92 Å². The van der Waals surface area contributed by atoms with E-state index in [0.717, 1.165) is 19.4 Å². The fourth-order valence-corrected chi connectivity index (χ4v) is 2.88. The monoisotopic (exact) mass is 312 g/mol. The molecule has 1 unspecified atom stereocenters. The van der Waals surface area contributed by atoms with Crippen molar-refractivity contribution in [2.75, 3.05) is 19.8 Å². The Morgan fingerprint density at radius 2 is 2.23 bits per heavy atom. The quantitative estimate of drug-likeness (QED) is 0.499. The lowest BCUT2D eigenvalue weighted by molar-refractivity contribution is -0.142. The van der Waals surface area contributed by atoms with Gasteiger partial charge in [0.15, 0.2) is 0 Å². The molecule has 1 fully saturated rings. The van der Waals surface area contributed by atoms with Crippen molar-refractivity contribution in [1.29, 1.82) is 0 Å². The van der Waals surface area contributed by atoms with Crippen LogP contribution in [-0.2, 0) is 14.3 Å². The Balaban J connectivity index is 2.60. The number of carboxylic acids is 1. The molecule has 22 heavy (non-hydrogen) atoms. The third-order valence-corrected chi connectivity index (χ3v) is 3.87. The van der Waals surface area contributed by atoms with Gasteiger partial charge in [-0.15, -0.1) is 0 Å². The van der Waals surface area contributed by atoms with Gasteiger partial charge in [0.2, 0.25) is 5.91 Å². The predicted octanol–water partition coefficient (Wildman–Crippen LogP) is 1.62. The highest BCUT2D eigenvalue weighted by atomic mass is 16.5. The maximum absolute atomic E-state index is 11.4. The largest absolute Gasteiger partial charge is 0.480 e. The Kier molecular flexibility index (Phi) is 8.12. The van der Waals surface area contributed by atoms with Crippen LogP contribution in [0.1, 0.15) is 40.0 Å². The molecular weight excluding hydrogens is 284 g/mol. The first-order valence-electron chi connectivity index (χ1n) is 7.93. The van der Waals surface area contributed by atoms with Gasteiger partial charge in [0.1, 0.15) is 12.8 Å². The molecule has 1 rings (SSSR count). The number of rotatable bonds is 9. The molecule has 3 atom stereocenters. The molecule has 0 aromatic rings. The van der Waals surface area contributed by atoms with Crippen LogP contribution in [0.4, 0.5) is 0 Å². The van der Waals surface area contributed by atoms with Crippen LogP contribution >= 0.6 is 0 Å². The molecule has 2 N–H and O–H groups in total. The topological polar surface area (TPSA) is 78.9 Å². The molecule has 0 aromatic carbocycles. The maximum atomic E-state index is 11.4. The molecule has 6 nitrogen and oxygen atoms in total. The maximum Gasteiger partial charge on any atom is 0.320 e. The highest BCUT2D eigenvalue weighted by Gasteiger charge is 2.36. The molecule has 0 aliphatic carbocycles. The van der Waals surface area contributed by atoms with Gasteiger partial charge in [-0.05, 0) is 25.7 Å². The van der Waals surface area contributed by atoms with Crippen LogP contribution in [0.2, 0.25) is 0 Å². The van der Waals surface area contributed by atoms with Gasteiger partial charge in [0, 0.05) is 20.0 Å². The lowest BCUT2D eigenvalue weighted by Gasteiger charge is -2.27. The number of hydrogen-bond donors (Lipinski definition) is 2. The van der Waals surface area contributed by atoms with Crippen molar-refractivity contribution in [2.24, 2.45) is 5.92 Å². The van der Waals surface area contributed by atoms with Crippen LogP contribution in [0.15, 0.2) is 12.2 Å². The summed E-state index contributed by atoms with van der Waals surface area (Å²) in [6, 6.07) is -0.454. The molecule has 1 aliphatic rings. The molecule has 0 saturated carbocycles. The summed E-state index contributed by atoms with van der Waals surface area (Å²) in [6.07, 6.45) is 6.42. The van der Waals surface area contributed by atoms with Gasteiger partial charge in [-0.2, -0.15) is 0 Å². The summed E-state index contributed by atoms with van der Waals surface area (Å²) in [6.45, 7) is 6.96. The number of amides is 1. The number of carbonyl (C=O) groups is 2. The van der Waals surface area contributed by atoms with Crippen LogP contribution in [0.5, 0.6) is 0 Å². The number of nitrogens with zero attached hydrogens (tertiary/aromatic N) is 1. The Bertz CT molecular complexity index is 398.